The first-order valence-electron chi connectivity index (χ1n) is 7.89. The molecule has 2 aromatic heterocycles. The third kappa shape index (κ3) is 3.33. The number of hydrogen-bond donors (Lipinski definition) is 2. The Kier molecular flexibility index (Phi) is 4.44. The lowest BCUT2D eigenvalue weighted by Gasteiger charge is -2.21. The van der Waals surface area contributed by atoms with E-state index in [1.807, 2.05) is 30.5 Å². The molecule has 4 rings (SSSR count). The molecule has 8 heteroatoms. The summed E-state index contributed by atoms with van der Waals surface area (Å²) in [5.74, 6) is -0.321. The molecule has 26 heavy (non-hydrogen) atoms. The van der Waals surface area contributed by atoms with Gasteiger partial charge in [0.1, 0.15) is 0 Å². The number of aromatic nitrogens is 2. The van der Waals surface area contributed by atoms with Crippen LogP contribution in [0.3, 0.4) is 0 Å². The van der Waals surface area contributed by atoms with Crippen LogP contribution in [0.5, 0.6) is 0 Å². The van der Waals surface area contributed by atoms with Crippen LogP contribution in [0, 0.1) is 0 Å². The highest BCUT2D eigenvalue weighted by Crippen LogP contribution is 2.36. The quantitative estimate of drug-likeness (QED) is 0.718. The SMILES string of the molecule is CC1Sc2ccc(C(=O)Nc3nc(-c4cccnc4)cs3)cc2NC1=O. The van der Waals surface area contributed by atoms with Crippen molar-refractivity contribution in [2.75, 3.05) is 10.6 Å². The zero-order valence-corrected chi connectivity index (χ0v) is 15.4. The third-order valence-corrected chi connectivity index (χ3v) is 5.79. The van der Waals surface area contributed by atoms with Gasteiger partial charge in [-0.1, -0.05) is 0 Å². The van der Waals surface area contributed by atoms with Gasteiger partial charge in [0.05, 0.1) is 16.6 Å². The van der Waals surface area contributed by atoms with E-state index in [9.17, 15) is 9.59 Å². The summed E-state index contributed by atoms with van der Waals surface area (Å²) in [5.41, 5.74) is 2.80. The van der Waals surface area contributed by atoms with Gasteiger partial charge in [0.25, 0.3) is 5.91 Å². The van der Waals surface area contributed by atoms with Crippen molar-refractivity contribution in [3.05, 3.63) is 53.7 Å². The molecule has 130 valence electrons. The molecule has 1 unspecified atom stereocenters. The maximum atomic E-state index is 12.5. The minimum atomic E-state index is -0.266. The summed E-state index contributed by atoms with van der Waals surface area (Å²) < 4.78 is 0. The number of fused-ring (bicyclic) bond motifs is 1. The van der Waals surface area contributed by atoms with Crippen molar-refractivity contribution in [3.63, 3.8) is 0 Å². The fourth-order valence-electron chi connectivity index (χ4n) is 2.50. The lowest BCUT2D eigenvalue weighted by molar-refractivity contribution is -0.115. The van der Waals surface area contributed by atoms with Crippen molar-refractivity contribution in [1.29, 1.82) is 0 Å². The van der Waals surface area contributed by atoms with Gasteiger partial charge in [0.15, 0.2) is 5.13 Å². The molecule has 3 aromatic rings. The summed E-state index contributed by atoms with van der Waals surface area (Å²) in [4.78, 5) is 33.8. The minimum absolute atomic E-state index is 0.0545. The van der Waals surface area contributed by atoms with E-state index in [1.54, 1.807) is 24.5 Å². The van der Waals surface area contributed by atoms with Crippen LogP contribution in [0.2, 0.25) is 0 Å². The van der Waals surface area contributed by atoms with Crippen LogP contribution in [0.1, 0.15) is 17.3 Å². The van der Waals surface area contributed by atoms with Crippen molar-refractivity contribution in [2.45, 2.75) is 17.1 Å². The maximum Gasteiger partial charge on any atom is 0.257 e. The molecule has 0 saturated carbocycles. The normalized spacial score (nSPS) is 15.9. The fourth-order valence-corrected chi connectivity index (χ4v) is 4.14. The van der Waals surface area contributed by atoms with E-state index in [1.165, 1.54) is 23.1 Å². The number of benzene rings is 1. The van der Waals surface area contributed by atoms with E-state index in [0.29, 0.717) is 16.4 Å². The second-order valence-electron chi connectivity index (χ2n) is 5.69. The molecule has 0 saturated heterocycles. The molecule has 1 atom stereocenters. The monoisotopic (exact) mass is 382 g/mol. The zero-order valence-electron chi connectivity index (χ0n) is 13.7. The van der Waals surface area contributed by atoms with Crippen LogP contribution in [0.4, 0.5) is 10.8 Å². The smallest absolute Gasteiger partial charge is 0.257 e. The number of hydrogen-bond acceptors (Lipinski definition) is 6. The van der Waals surface area contributed by atoms with Gasteiger partial charge in [0.2, 0.25) is 5.91 Å². The van der Waals surface area contributed by atoms with E-state index in [-0.39, 0.29) is 17.1 Å². The zero-order chi connectivity index (χ0) is 18.1. The highest BCUT2D eigenvalue weighted by Gasteiger charge is 2.23. The van der Waals surface area contributed by atoms with E-state index < -0.39 is 0 Å². The van der Waals surface area contributed by atoms with E-state index in [2.05, 4.69) is 20.6 Å². The van der Waals surface area contributed by atoms with Gasteiger partial charge in [-0.15, -0.1) is 23.1 Å². The van der Waals surface area contributed by atoms with E-state index in [0.717, 1.165) is 16.2 Å². The van der Waals surface area contributed by atoms with E-state index >= 15 is 0 Å². The number of nitrogens with zero attached hydrogens (tertiary/aromatic N) is 2. The Bertz CT molecular complexity index is 988. The highest BCUT2D eigenvalue weighted by atomic mass is 32.2. The first-order chi connectivity index (χ1) is 12.6. The summed E-state index contributed by atoms with van der Waals surface area (Å²) in [6, 6.07) is 9.05. The molecule has 0 radical (unpaired) electrons. The lowest BCUT2D eigenvalue weighted by atomic mass is 10.2. The minimum Gasteiger partial charge on any atom is -0.324 e. The summed E-state index contributed by atoms with van der Waals surface area (Å²) in [5, 5.41) is 7.89. The predicted octanol–water partition coefficient (Wildman–Crippen LogP) is 3.89. The number of thioether (sulfide) groups is 1. The molecular weight excluding hydrogens is 368 g/mol. The van der Waals surface area contributed by atoms with E-state index in [4.69, 9.17) is 0 Å². The Labute approximate surface area is 158 Å². The Morgan fingerprint density at radius 1 is 1.31 bits per heavy atom. The number of nitrogens with one attached hydrogen (secondary N) is 2. The Hall–Kier alpha value is -2.71. The van der Waals surface area contributed by atoms with Crippen LogP contribution in [-0.2, 0) is 4.79 Å². The molecule has 6 nitrogen and oxygen atoms in total. The van der Waals surface area contributed by atoms with Gasteiger partial charge in [-0.05, 0) is 37.3 Å². The van der Waals surface area contributed by atoms with Gasteiger partial charge >= 0.3 is 0 Å². The summed E-state index contributed by atoms with van der Waals surface area (Å²) in [6.07, 6.45) is 3.43. The van der Waals surface area contributed by atoms with Crippen LogP contribution in [0.15, 0.2) is 53.0 Å². The number of carbonyl (C=O) groups excluding carboxylic acids is 2. The maximum absolute atomic E-state index is 12.5. The van der Waals surface area contributed by atoms with Gasteiger partial charge in [-0.3, -0.25) is 19.9 Å². The highest BCUT2D eigenvalue weighted by molar-refractivity contribution is 8.00. The molecule has 3 heterocycles. The largest absolute Gasteiger partial charge is 0.324 e. The summed E-state index contributed by atoms with van der Waals surface area (Å²) >= 11 is 2.84. The van der Waals surface area contributed by atoms with Crippen molar-refractivity contribution in [3.8, 4) is 11.3 Å². The molecule has 1 aliphatic heterocycles. The van der Waals surface area contributed by atoms with Crippen molar-refractivity contribution in [2.24, 2.45) is 0 Å². The molecule has 1 aliphatic rings. The molecule has 0 aliphatic carbocycles. The van der Waals surface area contributed by atoms with Crippen LogP contribution in [-0.4, -0.2) is 27.0 Å². The number of anilines is 2. The Balaban J connectivity index is 1.52. The molecule has 0 bridgehead atoms. The number of pyridine rings is 1. The molecule has 0 spiro atoms. The van der Waals surface area contributed by atoms with Crippen LogP contribution < -0.4 is 10.6 Å². The molecular formula is C18H14N4O2S2. The summed E-state index contributed by atoms with van der Waals surface area (Å²) in [7, 11) is 0. The first kappa shape index (κ1) is 16.7. The van der Waals surface area contributed by atoms with Crippen molar-refractivity contribution < 1.29 is 9.59 Å². The van der Waals surface area contributed by atoms with Crippen molar-refractivity contribution in [1.82, 2.24) is 9.97 Å². The molecule has 0 fully saturated rings. The fraction of sp³-hybridized carbons (Fsp3) is 0.111. The number of amides is 2. The average molecular weight is 382 g/mol. The third-order valence-electron chi connectivity index (χ3n) is 3.85. The molecule has 1 aromatic carbocycles. The average Bonchev–Trinajstić information content (AvgIpc) is 3.11. The predicted molar refractivity (Wildman–Crippen MR) is 104 cm³/mol. The van der Waals surface area contributed by atoms with Crippen LogP contribution >= 0.6 is 23.1 Å². The standard InChI is InChI=1S/C18H14N4O2S2/c1-10-16(23)20-13-7-11(4-5-15(13)26-10)17(24)22-18-21-14(9-25-18)12-3-2-6-19-8-12/h2-10H,1H3,(H,20,23)(H,21,22,24). The lowest BCUT2D eigenvalue weighted by Crippen LogP contribution is -2.26. The second kappa shape index (κ2) is 6.89. The first-order valence-corrected chi connectivity index (χ1v) is 9.65. The van der Waals surface area contributed by atoms with Gasteiger partial charge < -0.3 is 5.32 Å². The summed E-state index contributed by atoms with van der Waals surface area (Å²) in [6.45, 7) is 1.85. The number of carbonyl (C=O) groups is 2. The topological polar surface area (TPSA) is 84.0 Å². The Morgan fingerprint density at radius 3 is 3.00 bits per heavy atom. The van der Waals surface area contributed by atoms with Gasteiger partial charge in [-0.25, -0.2) is 4.98 Å². The van der Waals surface area contributed by atoms with Crippen molar-refractivity contribution >= 4 is 45.7 Å². The van der Waals surface area contributed by atoms with Gasteiger partial charge in [0, 0.05) is 33.8 Å². The number of thiazole rings is 1. The van der Waals surface area contributed by atoms with Crippen LogP contribution in [0.25, 0.3) is 11.3 Å². The Morgan fingerprint density at radius 2 is 2.19 bits per heavy atom. The molecule has 2 N–H and O–H groups in total. The second-order valence-corrected chi connectivity index (χ2v) is 7.93. The van der Waals surface area contributed by atoms with Gasteiger partial charge in [-0.2, -0.15) is 0 Å². The molecule has 2 amide bonds. The number of rotatable bonds is 3.